The summed E-state index contributed by atoms with van der Waals surface area (Å²) in [7, 11) is 0. The first kappa shape index (κ1) is 20.9. The van der Waals surface area contributed by atoms with Crippen LogP contribution in [0.2, 0.25) is 0 Å². The highest BCUT2D eigenvalue weighted by molar-refractivity contribution is 7.99. The average molecular weight is 438 g/mol. The SMILES string of the molecule is CCn1c(SCC(=O)OCC(=O)Nc2cc(F)ccc2F)nnc1-c1cccs1. The highest BCUT2D eigenvalue weighted by Gasteiger charge is 2.16. The van der Waals surface area contributed by atoms with Crippen LogP contribution in [0.3, 0.4) is 0 Å². The first-order valence-corrected chi connectivity index (χ1v) is 10.3. The molecule has 0 saturated carbocycles. The van der Waals surface area contributed by atoms with Crippen LogP contribution in [0.5, 0.6) is 0 Å². The van der Waals surface area contributed by atoms with E-state index in [1.807, 2.05) is 29.0 Å². The molecule has 0 radical (unpaired) electrons. The van der Waals surface area contributed by atoms with Gasteiger partial charge in [0, 0.05) is 12.6 Å². The van der Waals surface area contributed by atoms with Crippen LogP contribution < -0.4 is 5.32 Å². The zero-order valence-electron chi connectivity index (χ0n) is 15.2. The molecule has 0 unspecified atom stereocenters. The van der Waals surface area contributed by atoms with Crippen LogP contribution in [0, 0.1) is 11.6 Å². The van der Waals surface area contributed by atoms with Gasteiger partial charge in [-0.2, -0.15) is 0 Å². The van der Waals surface area contributed by atoms with Gasteiger partial charge >= 0.3 is 5.97 Å². The molecule has 0 saturated heterocycles. The highest BCUT2D eigenvalue weighted by Crippen LogP contribution is 2.27. The zero-order chi connectivity index (χ0) is 20.8. The fourth-order valence-electron chi connectivity index (χ4n) is 2.36. The van der Waals surface area contributed by atoms with Crippen molar-refractivity contribution < 1.29 is 23.1 Å². The van der Waals surface area contributed by atoms with Crippen LogP contribution in [0.4, 0.5) is 14.5 Å². The Labute approximate surface area is 173 Å². The maximum Gasteiger partial charge on any atom is 0.316 e. The number of aromatic nitrogens is 3. The van der Waals surface area contributed by atoms with Crippen LogP contribution in [-0.4, -0.2) is 39.0 Å². The Hall–Kier alpha value is -2.79. The number of nitrogens with one attached hydrogen (secondary N) is 1. The molecule has 0 fully saturated rings. The topological polar surface area (TPSA) is 86.1 Å². The maximum absolute atomic E-state index is 13.5. The molecule has 2 aromatic heterocycles. The van der Waals surface area contributed by atoms with E-state index in [0.29, 0.717) is 11.7 Å². The number of amides is 1. The van der Waals surface area contributed by atoms with Crippen molar-refractivity contribution in [3.05, 3.63) is 47.3 Å². The first-order chi connectivity index (χ1) is 14.0. The third-order valence-corrected chi connectivity index (χ3v) is 5.47. The number of rotatable bonds is 8. The highest BCUT2D eigenvalue weighted by atomic mass is 32.2. The maximum atomic E-state index is 13.5. The molecule has 1 N–H and O–H groups in total. The summed E-state index contributed by atoms with van der Waals surface area (Å²) in [5, 5.41) is 12.9. The van der Waals surface area contributed by atoms with Crippen LogP contribution in [0.1, 0.15) is 6.92 Å². The van der Waals surface area contributed by atoms with Crippen molar-refractivity contribution in [3.63, 3.8) is 0 Å². The van der Waals surface area contributed by atoms with Crippen molar-refractivity contribution in [1.82, 2.24) is 14.8 Å². The van der Waals surface area contributed by atoms with Crippen molar-refractivity contribution in [1.29, 1.82) is 0 Å². The van der Waals surface area contributed by atoms with E-state index in [-0.39, 0.29) is 11.4 Å². The van der Waals surface area contributed by atoms with Gasteiger partial charge in [-0.15, -0.1) is 21.5 Å². The molecule has 0 bridgehead atoms. The number of halogens is 2. The molecule has 0 aliphatic heterocycles. The van der Waals surface area contributed by atoms with Gasteiger partial charge in [-0.05, 0) is 30.5 Å². The van der Waals surface area contributed by atoms with Crippen molar-refractivity contribution in [3.8, 4) is 10.7 Å². The van der Waals surface area contributed by atoms with Crippen molar-refractivity contribution in [2.24, 2.45) is 0 Å². The number of thiophene rings is 1. The molecule has 3 rings (SSSR count). The number of benzene rings is 1. The summed E-state index contributed by atoms with van der Waals surface area (Å²) >= 11 is 2.67. The molecule has 29 heavy (non-hydrogen) atoms. The molecular weight excluding hydrogens is 422 g/mol. The predicted molar refractivity (Wildman–Crippen MR) is 106 cm³/mol. The summed E-state index contributed by atoms with van der Waals surface area (Å²) < 4.78 is 33.4. The second kappa shape index (κ2) is 9.61. The molecule has 0 aliphatic rings. The predicted octanol–water partition coefficient (Wildman–Crippen LogP) is 3.58. The monoisotopic (exact) mass is 438 g/mol. The quantitative estimate of drug-likeness (QED) is 0.427. The molecule has 0 aliphatic carbocycles. The molecule has 152 valence electrons. The van der Waals surface area contributed by atoms with Crippen molar-refractivity contribution >= 4 is 40.7 Å². The third-order valence-electron chi connectivity index (χ3n) is 3.66. The van der Waals surface area contributed by atoms with Gasteiger partial charge < -0.3 is 14.6 Å². The Morgan fingerprint density at radius 3 is 2.83 bits per heavy atom. The van der Waals surface area contributed by atoms with Gasteiger partial charge in [-0.1, -0.05) is 17.8 Å². The lowest BCUT2D eigenvalue weighted by Gasteiger charge is -2.08. The second-order valence-corrected chi connectivity index (χ2v) is 7.54. The Balaban J connectivity index is 1.50. The minimum atomic E-state index is -0.790. The number of hydrogen-bond donors (Lipinski definition) is 1. The number of esters is 1. The Kier molecular flexibility index (Phi) is 6.94. The lowest BCUT2D eigenvalue weighted by atomic mass is 10.3. The molecule has 0 atom stereocenters. The standard InChI is InChI=1S/C18H16F2N4O3S2/c1-2-24-17(14-4-3-7-28-14)22-23-18(24)29-10-16(26)27-9-15(25)21-13-8-11(19)5-6-12(13)20/h3-8H,2,9-10H2,1H3,(H,21,25). The van der Waals surface area contributed by atoms with Gasteiger partial charge in [0.25, 0.3) is 5.91 Å². The van der Waals surface area contributed by atoms with E-state index in [4.69, 9.17) is 4.74 Å². The number of carbonyl (C=O) groups is 2. The summed E-state index contributed by atoms with van der Waals surface area (Å²) in [5.74, 6) is -2.27. The number of ether oxygens (including phenoxy) is 1. The molecule has 0 spiro atoms. The molecular formula is C18H16F2N4O3S2. The van der Waals surface area contributed by atoms with E-state index in [0.717, 1.165) is 40.7 Å². The third kappa shape index (κ3) is 5.39. The average Bonchev–Trinajstić information content (AvgIpc) is 3.36. The number of hydrogen-bond acceptors (Lipinski definition) is 7. The number of thioether (sulfide) groups is 1. The van der Waals surface area contributed by atoms with E-state index < -0.39 is 30.1 Å². The lowest BCUT2D eigenvalue weighted by Crippen LogP contribution is -2.22. The Bertz CT molecular complexity index is 1010. The Morgan fingerprint density at radius 2 is 2.10 bits per heavy atom. The summed E-state index contributed by atoms with van der Waals surface area (Å²) in [6.07, 6.45) is 0. The van der Waals surface area contributed by atoms with Gasteiger partial charge in [0.15, 0.2) is 17.6 Å². The summed E-state index contributed by atoms with van der Waals surface area (Å²) in [5.41, 5.74) is -0.322. The molecule has 1 amide bonds. The molecule has 3 aromatic rings. The minimum absolute atomic E-state index is 0.0792. The van der Waals surface area contributed by atoms with Gasteiger partial charge in [-0.25, -0.2) is 8.78 Å². The minimum Gasteiger partial charge on any atom is -0.455 e. The fourth-order valence-corrected chi connectivity index (χ4v) is 3.88. The van der Waals surface area contributed by atoms with E-state index in [9.17, 15) is 18.4 Å². The smallest absolute Gasteiger partial charge is 0.316 e. The zero-order valence-corrected chi connectivity index (χ0v) is 16.9. The summed E-state index contributed by atoms with van der Waals surface area (Å²) in [6, 6.07) is 6.51. The largest absolute Gasteiger partial charge is 0.455 e. The molecule has 7 nitrogen and oxygen atoms in total. The van der Waals surface area contributed by atoms with Crippen LogP contribution in [0.15, 0.2) is 40.9 Å². The van der Waals surface area contributed by atoms with Gasteiger partial charge in [0.1, 0.15) is 11.6 Å². The van der Waals surface area contributed by atoms with Crippen LogP contribution in [-0.2, 0) is 20.9 Å². The molecule has 11 heteroatoms. The fraction of sp³-hybridized carbons (Fsp3) is 0.222. The van der Waals surface area contributed by atoms with E-state index in [1.165, 1.54) is 11.3 Å². The van der Waals surface area contributed by atoms with E-state index >= 15 is 0 Å². The van der Waals surface area contributed by atoms with Crippen molar-refractivity contribution in [2.45, 2.75) is 18.6 Å². The van der Waals surface area contributed by atoms with Gasteiger partial charge in [-0.3, -0.25) is 9.59 Å². The first-order valence-electron chi connectivity index (χ1n) is 8.48. The normalized spacial score (nSPS) is 10.7. The second-order valence-electron chi connectivity index (χ2n) is 5.65. The number of carbonyl (C=O) groups excluding carboxylic acids is 2. The number of anilines is 1. The van der Waals surface area contributed by atoms with E-state index in [1.54, 1.807) is 0 Å². The summed E-state index contributed by atoms with van der Waals surface area (Å²) in [6.45, 7) is 1.95. The Morgan fingerprint density at radius 1 is 1.28 bits per heavy atom. The van der Waals surface area contributed by atoms with Crippen LogP contribution >= 0.6 is 23.1 Å². The van der Waals surface area contributed by atoms with Crippen LogP contribution in [0.25, 0.3) is 10.7 Å². The molecule has 1 aromatic carbocycles. The summed E-state index contributed by atoms with van der Waals surface area (Å²) in [4.78, 5) is 24.7. The number of nitrogens with zero attached hydrogens (tertiary/aromatic N) is 3. The van der Waals surface area contributed by atoms with E-state index in [2.05, 4.69) is 15.5 Å². The molecule has 2 heterocycles. The van der Waals surface area contributed by atoms with Gasteiger partial charge in [0.05, 0.1) is 16.3 Å². The van der Waals surface area contributed by atoms with Gasteiger partial charge in [0.2, 0.25) is 0 Å². The lowest BCUT2D eigenvalue weighted by molar-refractivity contribution is -0.144. The van der Waals surface area contributed by atoms with Crippen molar-refractivity contribution in [2.75, 3.05) is 17.7 Å².